The van der Waals surface area contributed by atoms with E-state index in [9.17, 15) is 4.79 Å². The normalized spacial score (nSPS) is 11.1. The number of anilines is 3. The number of aromatic nitrogens is 4. The van der Waals surface area contributed by atoms with Crippen LogP contribution in [0.25, 0.3) is 22.2 Å². The van der Waals surface area contributed by atoms with E-state index in [4.69, 9.17) is 5.73 Å². The highest BCUT2D eigenvalue weighted by Gasteiger charge is 2.08. The smallest absolute Gasteiger partial charge is 0.251 e. The van der Waals surface area contributed by atoms with Gasteiger partial charge in [0.15, 0.2) is 5.82 Å². The van der Waals surface area contributed by atoms with E-state index in [1.54, 1.807) is 12.1 Å². The Hall–Kier alpha value is -3.98. The zero-order valence-corrected chi connectivity index (χ0v) is 17.4. The second-order valence-electron chi connectivity index (χ2n) is 7.42. The largest absolute Gasteiger partial charge is 0.382 e. The van der Waals surface area contributed by atoms with Gasteiger partial charge in [0.25, 0.3) is 5.91 Å². The molecule has 0 aliphatic heterocycles. The summed E-state index contributed by atoms with van der Waals surface area (Å²) in [7, 11) is 3.94. The third-order valence-electron chi connectivity index (χ3n) is 4.82. The molecule has 0 radical (unpaired) electrons. The van der Waals surface area contributed by atoms with Crippen molar-refractivity contribution in [2.75, 3.05) is 38.2 Å². The van der Waals surface area contributed by atoms with Crippen LogP contribution in [0, 0.1) is 0 Å². The fourth-order valence-electron chi connectivity index (χ4n) is 3.13. The monoisotopic (exact) mass is 416 g/mol. The average Bonchev–Trinajstić information content (AvgIpc) is 3.14. The fraction of sp³-hybridized carbons (Fsp3) is 0.182. The van der Waals surface area contributed by atoms with E-state index in [0.717, 1.165) is 34.4 Å². The fourth-order valence-corrected chi connectivity index (χ4v) is 3.13. The number of carbonyl (C=O) groups excluding carboxylic acids is 1. The zero-order valence-electron chi connectivity index (χ0n) is 17.4. The molecule has 158 valence electrons. The van der Waals surface area contributed by atoms with Gasteiger partial charge < -0.3 is 21.3 Å². The number of nitrogens with zero attached hydrogens (tertiary/aromatic N) is 4. The summed E-state index contributed by atoms with van der Waals surface area (Å²) in [5.74, 6) is 1.01. The van der Waals surface area contributed by atoms with Crippen LogP contribution in [0.4, 0.5) is 17.3 Å². The van der Waals surface area contributed by atoms with Gasteiger partial charge in [0.1, 0.15) is 12.1 Å². The number of likely N-dealkylation sites (N-methyl/N-ethyl adjacent to an activating group) is 1. The van der Waals surface area contributed by atoms with Crippen molar-refractivity contribution in [1.29, 1.82) is 0 Å². The van der Waals surface area contributed by atoms with Crippen LogP contribution < -0.4 is 16.4 Å². The number of aromatic amines is 1. The van der Waals surface area contributed by atoms with Gasteiger partial charge in [0.05, 0.1) is 11.2 Å². The van der Waals surface area contributed by atoms with Crippen LogP contribution >= 0.6 is 0 Å². The molecule has 2 aromatic carbocycles. The van der Waals surface area contributed by atoms with Gasteiger partial charge in [-0.3, -0.25) is 9.89 Å². The Morgan fingerprint density at radius 3 is 2.68 bits per heavy atom. The summed E-state index contributed by atoms with van der Waals surface area (Å²) >= 11 is 0. The molecule has 0 aliphatic carbocycles. The SMILES string of the molecule is CN(C)CCNC(=O)c1ccc(-c2cc(Nc3ccc4[nH]nc(N)c4c3)ncn2)cc1. The minimum absolute atomic E-state index is 0.0904. The first-order valence-electron chi connectivity index (χ1n) is 9.85. The predicted molar refractivity (Wildman–Crippen MR) is 122 cm³/mol. The van der Waals surface area contributed by atoms with E-state index in [1.807, 2.05) is 55.4 Å². The number of hydrogen-bond acceptors (Lipinski definition) is 7. The average molecular weight is 416 g/mol. The molecular weight excluding hydrogens is 392 g/mol. The van der Waals surface area contributed by atoms with E-state index in [-0.39, 0.29) is 5.91 Å². The Labute approximate surface area is 179 Å². The summed E-state index contributed by atoms with van der Waals surface area (Å²) in [6.07, 6.45) is 1.50. The van der Waals surface area contributed by atoms with Crippen LogP contribution in [0.1, 0.15) is 10.4 Å². The van der Waals surface area contributed by atoms with Gasteiger partial charge in [-0.2, -0.15) is 5.10 Å². The summed E-state index contributed by atoms with van der Waals surface area (Å²) in [5, 5.41) is 13.9. The molecule has 9 nitrogen and oxygen atoms in total. The van der Waals surface area contributed by atoms with Crippen LogP contribution in [0.15, 0.2) is 54.9 Å². The molecule has 9 heteroatoms. The van der Waals surface area contributed by atoms with Crippen molar-refractivity contribution in [3.05, 3.63) is 60.4 Å². The summed E-state index contributed by atoms with van der Waals surface area (Å²) in [5.41, 5.74) is 9.86. The number of nitrogen functional groups attached to an aromatic ring is 1. The molecule has 31 heavy (non-hydrogen) atoms. The Balaban J connectivity index is 1.47. The molecule has 0 bridgehead atoms. The maximum atomic E-state index is 12.2. The molecule has 0 unspecified atom stereocenters. The standard InChI is InChI=1S/C22H24N8O/c1-30(2)10-9-24-22(31)15-5-3-14(4-6-15)19-12-20(26-13-25-19)27-16-7-8-18-17(11-16)21(23)29-28-18/h3-8,11-13H,9-10H2,1-2H3,(H,24,31)(H3,23,28,29)(H,25,26,27). The number of nitrogens with two attached hydrogens (primary N) is 1. The first-order chi connectivity index (χ1) is 15.0. The van der Waals surface area contributed by atoms with E-state index >= 15 is 0 Å². The number of H-pyrrole nitrogens is 1. The number of hydrogen-bond donors (Lipinski definition) is 4. The lowest BCUT2D eigenvalue weighted by atomic mass is 10.1. The van der Waals surface area contributed by atoms with Gasteiger partial charge in [-0.15, -0.1) is 0 Å². The summed E-state index contributed by atoms with van der Waals surface area (Å²) in [6.45, 7) is 1.39. The molecular formula is C22H24N8O. The number of rotatable bonds is 7. The van der Waals surface area contributed by atoms with Crippen molar-refractivity contribution < 1.29 is 4.79 Å². The van der Waals surface area contributed by atoms with Crippen molar-refractivity contribution in [2.45, 2.75) is 0 Å². The van der Waals surface area contributed by atoms with Gasteiger partial charge in [-0.05, 0) is 44.4 Å². The van der Waals surface area contributed by atoms with Crippen LogP contribution in [0.3, 0.4) is 0 Å². The molecule has 2 aromatic heterocycles. The molecule has 0 atom stereocenters. The lowest BCUT2D eigenvalue weighted by Crippen LogP contribution is -2.31. The molecule has 5 N–H and O–H groups in total. The second kappa shape index (κ2) is 8.80. The van der Waals surface area contributed by atoms with Crippen LogP contribution in [-0.2, 0) is 0 Å². The van der Waals surface area contributed by atoms with Gasteiger partial charge in [-0.25, -0.2) is 9.97 Å². The molecule has 1 amide bonds. The second-order valence-corrected chi connectivity index (χ2v) is 7.42. The van der Waals surface area contributed by atoms with E-state index in [2.05, 4.69) is 30.8 Å². The third-order valence-corrected chi connectivity index (χ3v) is 4.82. The Kier molecular flexibility index (Phi) is 5.76. The van der Waals surface area contributed by atoms with Crippen molar-refractivity contribution in [3.63, 3.8) is 0 Å². The lowest BCUT2D eigenvalue weighted by Gasteiger charge is -2.11. The molecule has 0 fully saturated rings. The van der Waals surface area contributed by atoms with Crippen molar-refractivity contribution in [2.24, 2.45) is 0 Å². The number of carbonyl (C=O) groups is 1. The minimum Gasteiger partial charge on any atom is -0.382 e. The zero-order chi connectivity index (χ0) is 21.8. The molecule has 4 rings (SSSR count). The molecule has 0 spiro atoms. The van der Waals surface area contributed by atoms with Crippen LogP contribution in [-0.4, -0.2) is 58.2 Å². The van der Waals surface area contributed by atoms with Crippen molar-refractivity contribution >= 4 is 34.1 Å². The highest BCUT2D eigenvalue weighted by molar-refractivity contribution is 5.94. The van der Waals surface area contributed by atoms with Crippen molar-refractivity contribution in [1.82, 2.24) is 30.4 Å². The van der Waals surface area contributed by atoms with Crippen molar-refractivity contribution in [3.8, 4) is 11.3 Å². The summed E-state index contributed by atoms with van der Waals surface area (Å²) < 4.78 is 0. The van der Waals surface area contributed by atoms with Gasteiger partial charge in [0.2, 0.25) is 0 Å². The molecule has 0 saturated carbocycles. The highest BCUT2D eigenvalue weighted by Crippen LogP contribution is 2.25. The molecule has 0 saturated heterocycles. The van der Waals surface area contributed by atoms with Gasteiger partial charge in [-0.1, -0.05) is 12.1 Å². The number of amides is 1. The van der Waals surface area contributed by atoms with E-state index in [0.29, 0.717) is 23.7 Å². The van der Waals surface area contributed by atoms with Crippen LogP contribution in [0.5, 0.6) is 0 Å². The number of fused-ring (bicyclic) bond motifs is 1. The highest BCUT2D eigenvalue weighted by atomic mass is 16.1. The summed E-state index contributed by atoms with van der Waals surface area (Å²) in [6, 6.07) is 15.0. The predicted octanol–water partition coefficient (Wildman–Crippen LogP) is 2.64. The Morgan fingerprint density at radius 2 is 1.90 bits per heavy atom. The molecule has 2 heterocycles. The first-order valence-corrected chi connectivity index (χ1v) is 9.85. The van der Waals surface area contributed by atoms with E-state index in [1.165, 1.54) is 6.33 Å². The maximum absolute atomic E-state index is 12.2. The van der Waals surface area contributed by atoms with Gasteiger partial charge in [0, 0.05) is 41.4 Å². The number of nitrogens with one attached hydrogen (secondary N) is 3. The lowest BCUT2D eigenvalue weighted by molar-refractivity contribution is 0.0951. The Morgan fingerprint density at radius 1 is 1.10 bits per heavy atom. The number of benzene rings is 2. The first kappa shape index (κ1) is 20.3. The quantitative estimate of drug-likeness (QED) is 0.365. The molecule has 4 aromatic rings. The maximum Gasteiger partial charge on any atom is 0.251 e. The molecule has 0 aliphatic rings. The summed E-state index contributed by atoms with van der Waals surface area (Å²) in [4.78, 5) is 22.9. The van der Waals surface area contributed by atoms with Gasteiger partial charge >= 0.3 is 0 Å². The van der Waals surface area contributed by atoms with Crippen LogP contribution in [0.2, 0.25) is 0 Å². The third kappa shape index (κ3) is 4.78. The Bertz CT molecular complexity index is 1200. The topological polar surface area (TPSA) is 125 Å². The van der Waals surface area contributed by atoms with E-state index < -0.39 is 0 Å². The minimum atomic E-state index is -0.0904.